The standard InChI is InChI=1S/C12H18N2O/c1-3-9(2)14-12(15)11-6-4-10(8-13)5-7-11/h4-7,9H,3,8,13H2,1-2H3,(H,14,15). The van der Waals surface area contributed by atoms with Gasteiger partial charge in [0.25, 0.3) is 5.91 Å². The van der Waals surface area contributed by atoms with E-state index in [1.165, 1.54) is 0 Å². The van der Waals surface area contributed by atoms with E-state index < -0.39 is 0 Å². The molecule has 0 aliphatic rings. The van der Waals surface area contributed by atoms with Crippen molar-refractivity contribution in [2.75, 3.05) is 0 Å². The fraction of sp³-hybridized carbons (Fsp3) is 0.417. The van der Waals surface area contributed by atoms with Gasteiger partial charge in [0.1, 0.15) is 0 Å². The summed E-state index contributed by atoms with van der Waals surface area (Å²) in [6, 6.07) is 7.59. The summed E-state index contributed by atoms with van der Waals surface area (Å²) in [5.74, 6) is -0.0204. The Balaban J connectivity index is 2.66. The minimum atomic E-state index is -0.0204. The third-order valence-electron chi connectivity index (χ3n) is 2.44. The van der Waals surface area contributed by atoms with E-state index in [1.54, 1.807) is 12.1 Å². The van der Waals surface area contributed by atoms with Crippen molar-refractivity contribution in [3.63, 3.8) is 0 Å². The van der Waals surface area contributed by atoms with Gasteiger partial charge in [-0.1, -0.05) is 19.1 Å². The fourth-order valence-corrected chi connectivity index (χ4v) is 1.20. The van der Waals surface area contributed by atoms with Crippen LogP contribution in [-0.2, 0) is 6.54 Å². The first-order chi connectivity index (χ1) is 7.17. The molecular formula is C12H18N2O. The Labute approximate surface area is 90.7 Å². The Kier molecular flexibility index (Phi) is 4.31. The number of hydrogen-bond donors (Lipinski definition) is 2. The normalized spacial score (nSPS) is 12.2. The summed E-state index contributed by atoms with van der Waals surface area (Å²) >= 11 is 0. The maximum absolute atomic E-state index is 11.7. The van der Waals surface area contributed by atoms with E-state index in [9.17, 15) is 4.79 Å². The highest BCUT2D eigenvalue weighted by Gasteiger charge is 2.07. The maximum atomic E-state index is 11.7. The van der Waals surface area contributed by atoms with Crippen molar-refractivity contribution in [2.45, 2.75) is 32.9 Å². The van der Waals surface area contributed by atoms with E-state index in [0.29, 0.717) is 12.1 Å². The lowest BCUT2D eigenvalue weighted by atomic mass is 10.1. The Bertz CT molecular complexity index is 319. The molecule has 1 amide bonds. The van der Waals surface area contributed by atoms with Gasteiger partial charge in [-0.2, -0.15) is 0 Å². The van der Waals surface area contributed by atoms with Crippen LogP contribution in [0.3, 0.4) is 0 Å². The van der Waals surface area contributed by atoms with Crippen molar-refractivity contribution in [1.29, 1.82) is 0 Å². The van der Waals surface area contributed by atoms with Crippen LogP contribution in [0.4, 0.5) is 0 Å². The summed E-state index contributed by atoms with van der Waals surface area (Å²) in [7, 11) is 0. The highest BCUT2D eigenvalue weighted by molar-refractivity contribution is 5.94. The number of benzene rings is 1. The van der Waals surface area contributed by atoms with Crippen LogP contribution in [-0.4, -0.2) is 11.9 Å². The molecule has 0 radical (unpaired) electrons. The fourth-order valence-electron chi connectivity index (χ4n) is 1.20. The van der Waals surface area contributed by atoms with Gasteiger partial charge < -0.3 is 11.1 Å². The summed E-state index contributed by atoms with van der Waals surface area (Å²) in [4.78, 5) is 11.7. The van der Waals surface area contributed by atoms with Crippen LogP contribution >= 0.6 is 0 Å². The highest BCUT2D eigenvalue weighted by atomic mass is 16.1. The van der Waals surface area contributed by atoms with Crippen LogP contribution < -0.4 is 11.1 Å². The van der Waals surface area contributed by atoms with Crippen LogP contribution in [0.15, 0.2) is 24.3 Å². The van der Waals surface area contributed by atoms with Gasteiger partial charge in [0, 0.05) is 18.2 Å². The number of carbonyl (C=O) groups excluding carboxylic acids is 1. The first-order valence-electron chi connectivity index (χ1n) is 5.27. The van der Waals surface area contributed by atoms with E-state index in [1.807, 2.05) is 26.0 Å². The Hall–Kier alpha value is -1.35. The summed E-state index contributed by atoms with van der Waals surface area (Å²) in [6.45, 7) is 4.54. The zero-order chi connectivity index (χ0) is 11.3. The SMILES string of the molecule is CCC(C)NC(=O)c1ccc(CN)cc1. The van der Waals surface area contributed by atoms with Crippen LogP contribution in [0.5, 0.6) is 0 Å². The molecule has 0 aliphatic heterocycles. The second-order valence-electron chi connectivity index (χ2n) is 3.68. The van der Waals surface area contributed by atoms with Gasteiger partial charge >= 0.3 is 0 Å². The lowest BCUT2D eigenvalue weighted by molar-refractivity contribution is 0.0939. The largest absolute Gasteiger partial charge is 0.350 e. The third-order valence-corrected chi connectivity index (χ3v) is 2.44. The van der Waals surface area contributed by atoms with Crippen LogP contribution in [0.25, 0.3) is 0 Å². The monoisotopic (exact) mass is 206 g/mol. The van der Waals surface area contributed by atoms with Gasteiger partial charge in [-0.05, 0) is 31.0 Å². The van der Waals surface area contributed by atoms with Crippen molar-refractivity contribution in [3.8, 4) is 0 Å². The maximum Gasteiger partial charge on any atom is 0.251 e. The number of nitrogens with two attached hydrogens (primary N) is 1. The molecule has 0 bridgehead atoms. The molecule has 0 fully saturated rings. The average Bonchev–Trinajstić information content (AvgIpc) is 2.29. The molecule has 0 spiro atoms. The molecule has 1 aromatic rings. The zero-order valence-electron chi connectivity index (χ0n) is 9.29. The molecule has 0 aliphatic carbocycles. The predicted molar refractivity (Wildman–Crippen MR) is 61.6 cm³/mol. The van der Waals surface area contributed by atoms with E-state index in [-0.39, 0.29) is 11.9 Å². The minimum absolute atomic E-state index is 0.0204. The van der Waals surface area contributed by atoms with E-state index in [0.717, 1.165) is 12.0 Å². The molecule has 1 atom stereocenters. The van der Waals surface area contributed by atoms with Gasteiger partial charge in [0.15, 0.2) is 0 Å². The Morgan fingerprint density at radius 2 is 2.00 bits per heavy atom. The number of carbonyl (C=O) groups is 1. The lowest BCUT2D eigenvalue weighted by Gasteiger charge is -2.11. The molecule has 1 rings (SSSR count). The molecule has 0 aromatic heterocycles. The molecular weight excluding hydrogens is 188 g/mol. The smallest absolute Gasteiger partial charge is 0.251 e. The molecule has 3 N–H and O–H groups in total. The average molecular weight is 206 g/mol. The first kappa shape index (κ1) is 11.7. The van der Waals surface area contributed by atoms with Crippen molar-refractivity contribution in [3.05, 3.63) is 35.4 Å². The molecule has 0 saturated carbocycles. The van der Waals surface area contributed by atoms with E-state index >= 15 is 0 Å². The highest BCUT2D eigenvalue weighted by Crippen LogP contribution is 2.04. The minimum Gasteiger partial charge on any atom is -0.350 e. The Morgan fingerprint density at radius 3 is 2.47 bits per heavy atom. The number of amides is 1. The van der Waals surface area contributed by atoms with Crippen molar-refractivity contribution in [1.82, 2.24) is 5.32 Å². The molecule has 82 valence electrons. The van der Waals surface area contributed by atoms with E-state index in [2.05, 4.69) is 5.32 Å². The van der Waals surface area contributed by atoms with Gasteiger partial charge in [-0.15, -0.1) is 0 Å². The van der Waals surface area contributed by atoms with Crippen molar-refractivity contribution >= 4 is 5.91 Å². The van der Waals surface area contributed by atoms with Crippen molar-refractivity contribution < 1.29 is 4.79 Å². The lowest BCUT2D eigenvalue weighted by Crippen LogP contribution is -2.31. The van der Waals surface area contributed by atoms with Crippen LogP contribution in [0.1, 0.15) is 36.2 Å². The second kappa shape index (κ2) is 5.51. The van der Waals surface area contributed by atoms with Crippen molar-refractivity contribution in [2.24, 2.45) is 5.73 Å². The molecule has 3 nitrogen and oxygen atoms in total. The number of hydrogen-bond acceptors (Lipinski definition) is 2. The predicted octanol–water partition coefficient (Wildman–Crippen LogP) is 1.67. The molecule has 3 heteroatoms. The summed E-state index contributed by atoms with van der Waals surface area (Å²) in [5.41, 5.74) is 7.20. The first-order valence-corrected chi connectivity index (χ1v) is 5.27. The quantitative estimate of drug-likeness (QED) is 0.787. The van der Waals surface area contributed by atoms with Gasteiger partial charge in [0.2, 0.25) is 0 Å². The molecule has 15 heavy (non-hydrogen) atoms. The number of nitrogens with one attached hydrogen (secondary N) is 1. The molecule has 0 saturated heterocycles. The molecule has 1 aromatic carbocycles. The summed E-state index contributed by atoms with van der Waals surface area (Å²) in [5, 5.41) is 2.91. The van der Waals surface area contributed by atoms with Gasteiger partial charge in [-0.25, -0.2) is 0 Å². The molecule has 0 heterocycles. The van der Waals surface area contributed by atoms with Crippen LogP contribution in [0.2, 0.25) is 0 Å². The summed E-state index contributed by atoms with van der Waals surface area (Å²) < 4.78 is 0. The van der Waals surface area contributed by atoms with Gasteiger partial charge in [-0.3, -0.25) is 4.79 Å². The second-order valence-corrected chi connectivity index (χ2v) is 3.68. The van der Waals surface area contributed by atoms with E-state index in [4.69, 9.17) is 5.73 Å². The number of rotatable bonds is 4. The van der Waals surface area contributed by atoms with Gasteiger partial charge in [0.05, 0.1) is 0 Å². The topological polar surface area (TPSA) is 55.1 Å². The Morgan fingerprint density at radius 1 is 1.40 bits per heavy atom. The van der Waals surface area contributed by atoms with Crippen LogP contribution in [0, 0.1) is 0 Å². The summed E-state index contributed by atoms with van der Waals surface area (Å²) in [6.07, 6.45) is 0.937. The zero-order valence-corrected chi connectivity index (χ0v) is 9.29. The third kappa shape index (κ3) is 3.36. The molecule has 1 unspecified atom stereocenters.